The van der Waals surface area contributed by atoms with Crippen LogP contribution in [0.1, 0.15) is 39.9 Å². The van der Waals surface area contributed by atoms with Crippen LogP contribution in [0.5, 0.6) is 0 Å². The van der Waals surface area contributed by atoms with Gasteiger partial charge in [-0.05, 0) is 48.9 Å². The molecule has 0 bridgehead atoms. The number of rotatable bonds is 4. The lowest BCUT2D eigenvalue weighted by molar-refractivity contribution is 0.0660. The standard InChI is InChI=1S/C28H21N3O4/c1-17-11-12-20-19(15-17)25(18-7-3-2-4-8-18)26(27(32)29-20)21-16-22(23-9-5-13-34-23)31(30-21)28(33)24-10-6-14-35-24/h2-15,22H,16H2,1H3,(H,29,32)/t22-/m0/s1. The van der Waals surface area contributed by atoms with Gasteiger partial charge in [0.05, 0.1) is 23.8 Å². The van der Waals surface area contributed by atoms with Crippen molar-refractivity contribution in [2.75, 3.05) is 0 Å². The molecule has 0 aliphatic carbocycles. The van der Waals surface area contributed by atoms with Gasteiger partial charge in [0.2, 0.25) is 0 Å². The molecule has 1 aliphatic heterocycles. The molecule has 1 atom stereocenters. The Labute approximate surface area is 200 Å². The first-order valence-corrected chi connectivity index (χ1v) is 11.3. The lowest BCUT2D eigenvalue weighted by Gasteiger charge is -2.18. The van der Waals surface area contributed by atoms with Crippen LogP contribution in [0.4, 0.5) is 0 Å². The quantitative estimate of drug-likeness (QED) is 0.371. The summed E-state index contributed by atoms with van der Waals surface area (Å²) in [5, 5.41) is 6.95. The molecule has 6 rings (SSSR count). The molecule has 5 aromatic rings. The fourth-order valence-electron chi connectivity index (χ4n) is 4.65. The Hall–Kier alpha value is -4.65. The van der Waals surface area contributed by atoms with Crippen LogP contribution < -0.4 is 5.56 Å². The van der Waals surface area contributed by atoms with Crippen molar-refractivity contribution in [1.29, 1.82) is 0 Å². The van der Waals surface area contributed by atoms with Gasteiger partial charge in [0.25, 0.3) is 5.56 Å². The molecule has 3 aromatic heterocycles. The summed E-state index contributed by atoms with van der Waals surface area (Å²) in [6.45, 7) is 2.02. The van der Waals surface area contributed by atoms with Gasteiger partial charge in [-0.25, -0.2) is 5.01 Å². The van der Waals surface area contributed by atoms with Crippen molar-refractivity contribution in [1.82, 2.24) is 9.99 Å². The van der Waals surface area contributed by atoms with Crippen molar-refractivity contribution < 1.29 is 13.6 Å². The number of aromatic amines is 1. The van der Waals surface area contributed by atoms with Crippen LogP contribution >= 0.6 is 0 Å². The van der Waals surface area contributed by atoms with Crippen LogP contribution in [0.2, 0.25) is 0 Å². The van der Waals surface area contributed by atoms with Crippen LogP contribution in [0, 0.1) is 6.92 Å². The Morgan fingerprint density at radius 1 is 0.971 bits per heavy atom. The Balaban J connectivity index is 1.58. The maximum Gasteiger partial charge on any atom is 0.310 e. The van der Waals surface area contributed by atoms with Gasteiger partial charge in [-0.2, -0.15) is 5.10 Å². The van der Waals surface area contributed by atoms with E-state index in [0.717, 1.165) is 27.6 Å². The van der Waals surface area contributed by atoms with E-state index in [1.807, 2.05) is 49.4 Å². The molecule has 1 N–H and O–H groups in total. The second-order valence-corrected chi connectivity index (χ2v) is 8.53. The minimum atomic E-state index is -0.506. The molecule has 35 heavy (non-hydrogen) atoms. The van der Waals surface area contributed by atoms with Crippen LogP contribution in [-0.4, -0.2) is 21.6 Å². The van der Waals surface area contributed by atoms with E-state index in [-0.39, 0.29) is 11.3 Å². The van der Waals surface area contributed by atoms with E-state index in [1.165, 1.54) is 11.3 Å². The number of H-pyrrole nitrogens is 1. The van der Waals surface area contributed by atoms with Crippen LogP contribution in [-0.2, 0) is 0 Å². The monoisotopic (exact) mass is 463 g/mol. The zero-order chi connectivity index (χ0) is 23.9. The maximum absolute atomic E-state index is 13.5. The van der Waals surface area contributed by atoms with Crippen molar-refractivity contribution >= 4 is 22.5 Å². The number of aryl methyl sites for hydroxylation is 1. The fraction of sp³-hybridized carbons (Fsp3) is 0.107. The SMILES string of the molecule is Cc1ccc2[nH]c(=O)c(C3=NN(C(=O)c4ccco4)[C@H](c4ccco4)C3)c(-c3ccccc3)c2c1. The zero-order valence-corrected chi connectivity index (χ0v) is 18.9. The Kier molecular flexibility index (Phi) is 4.95. The van der Waals surface area contributed by atoms with Crippen molar-refractivity contribution in [2.24, 2.45) is 5.10 Å². The third-order valence-corrected chi connectivity index (χ3v) is 6.24. The third-order valence-electron chi connectivity index (χ3n) is 6.24. The van der Waals surface area contributed by atoms with E-state index < -0.39 is 11.9 Å². The highest BCUT2D eigenvalue weighted by Gasteiger charge is 2.38. The Bertz CT molecular complexity index is 1610. The van der Waals surface area contributed by atoms with E-state index in [4.69, 9.17) is 8.83 Å². The van der Waals surface area contributed by atoms with Gasteiger partial charge < -0.3 is 13.8 Å². The number of benzene rings is 2. The highest BCUT2D eigenvalue weighted by molar-refractivity contribution is 6.13. The first kappa shape index (κ1) is 20.9. The van der Waals surface area contributed by atoms with Crippen LogP contribution in [0.15, 0.2) is 104 Å². The van der Waals surface area contributed by atoms with Crippen molar-refractivity contribution in [2.45, 2.75) is 19.4 Å². The van der Waals surface area contributed by atoms with Gasteiger partial charge in [-0.15, -0.1) is 0 Å². The van der Waals surface area contributed by atoms with Crippen LogP contribution in [0.25, 0.3) is 22.0 Å². The molecule has 1 amide bonds. The van der Waals surface area contributed by atoms with Gasteiger partial charge in [-0.1, -0.05) is 42.0 Å². The molecule has 0 spiro atoms. The number of aromatic nitrogens is 1. The van der Waals surface area contributed by atoms with E-state index in [1.54, 1.807) is 30.5 Å². The third kappa shape index (κ3) is 3.58. The number of carbonyl (C=O) groups is 1. The number of hydrazone groups is 1. The normalized spacial score (nSPS) is 15.5. The highest BCUT2D eigenvalue weighted by atomic mass is 16.3. The van der Waals surface area contributed by atoms with E-state index in [0.29, 0.717) is 23.5 Å². The lowest BCUT2D eigenvalue weighted by atomic mass is 9.91. The summed E-state index contributed by atoms with van der Waals surface area (Å²) >= 11 is 0. The summed E-state index contributed by atoms with van der Waals surface area (Å²) in [6.07, 6.45) is 3.32. The summed E-state index contributed by atoms with van der Waals surface area (Å²) in [5.74, 6) is 0.344. The predicted molar refractivity (Wildman–Crippen MR) is 132 cm³/mol. The molecule has 172 valence electrons. The summed E-state index contributed by atoms with van der Waals surface area (Å²) in [7, 11) is 0. The fourth-order valence-corrected chi connectivity index (χ4v) is 4.65. The molecule has 2 aromatic carbocycles. The Morgan fingerprint density at radius 2 is 1.77 bits per heavy atom. The van der Waals surface area contributed by atoms with Crippen molar-refractivity contribution in [3.8, 4) is 11.1 Å². The molecule has 7 nitrogen and oxygen atoms in total. The number of hydrogen-bond donors (Lipinski definition) is 1. The molecule has 0 saturated heterocycles. The molecule has 0 radical (unpaired) electrons. The molecule has 0 unspecified atom stereocenters. The zero-order valence-electron chi connectivity index (χ0n) is 18.9. The first-order valence-electron chi connectivity index (χ1n) is 11.3. The average Bonchev–Trinajstić information content (AvgIpc) is 3.65. The van der Waals surface area contributed by atoms with Gasteiger partial charge in [-0.3, -0.25) is 9.59 Å². The summed E-state index contributed by atoms with van der Waals surface area (Å²) < 4.78 is 11.0. The number of carbonyl (C=O) groups excluding carboxylic acids is 1. The first-order chi connectivity index (χ1) is 17.1. The van der Waals surface area contributed by atoms with Gasteiger partial charge >= 0.3 is 5.91 Å². The predicted octanol–water partition coefficient (Wildman–Crippen LogP) is 5.68. The highest BCUT2D eigenvalue weighted by Crippen LogP contribution is 2.37. The molecule has 0 fully saturated rings. The largest absolute Gasteiger partial charge is 0.467 e. The molecule has 0 saturated carbocycles. The molecule has 4 heterocycles. The minimum Gasteiger partial charge on any atom is -0.467 e. The summed E-state index contributed by atoms with van der Waals surface area (Å²) in [5.41, 5.74) is 4.20. The average molecular weight is 463 g/mol. The lowest BCUT2D eigenvalue weighted by Crippen LogP contribution is -2.26. The van der Waals surface area contributed by atoms with Gasteiger partial charge in [0, 0.05) is 22.9 Å². The summed E-state index contributed by atoms with van der Waals surface area (Å²) in [4.78, 5) is 29.8. The molecule has 1 aliphatic rings. The second kappa shape index (κ2) is 8.29. The number of pyridine rings is 1. The van der Waals surface area contributed by atoms with Gasteiger partial charge in [0.1, 0.15) is 11.8 Å². The number of hydrogen-bond acceptors (Lipinski definition) is 5. The van der Waals surface area contributed by atoms with Crippen molar-refractivity contribution in [3.05, 3.63) is 118 Å². The van der Waals surface area contributed by atoms with E-state index in [9.17, 15) is 9.59 Å². The molecular formula is C28H21N3O4. The smallest absolute Gasteiger partial charge is 0.310 e. The molecule has 7 heteroatoms. The Morgan fingerprint density at radius 3 is 2.51 bits per heavy atom. The van der Waals surface area contributed by atoms with E-state index >= 15 is 0 Å². The second-order valence-electron chi connectivity index (χ2n) is 8.53. The van der Waals surface area contributed by atoms with Gasteiger partial charge in [0.15, 0.2) is 5.76 Å². The number of fused-ring (bicyclic) bond motifs is 1. The topological polar surface area (TPSA) is 91.8 Å². The number of nitrogens with one attached hydrogen (secondary N) is 1. The summed E-state index contributed by atoms with van der Waals surface area (Å²) in [6, 6.07) is 22.0. The number of nitrogens with zero attached hydrogens (tertiary/aromatic N) is 2. The maximum atomic E-state index is 13.5. The van der Waals surface area contributed by atoms with E-state index in [2.05, 4.69) is 16.2 Å². The molecular weight excluding hydrogens is 442 g/mol. The van der Waals surface area contributed by atoms with Crippen LogP contribution in [0.3, 0.4) is 0 Å². The van der Waals surface area contributed by atoms with Crippen molar-refractivity contribution in [3.63, 3.8) is 0 Å². The number of furan rings is 2. The number of amides is 1. The minimum absolute atomic E-state index is 0.165.